The smallest absolute Gasteiger partial charge is 0.319 e. The van der Waals surface area contributed by atoms with Crippen LogP contribution in [0.5, 0.6) is 0 Å². The van der Waals surface area contributed by atoms with Gasteiger partial charge in [-0.05, 0) is 17.7 Å². The van der Waals surface area contributed by atoms with Crippen molar-refractivity contribution in [3.05, 3.63) is 69.2 Å². The quantitative estimate of drug-likeness (QED) is 0.669. The van der Waals surface area contributed by atoms with E-state index in [4.69, 9.17) is 11.6 Å². The number of hydrogen-bond donors (Lipinski definition) is 2. The number of amides is 2. The maximum atomic E-state index is 11.8. The number of urea groups is 1. The SMILES string of the molecule is O=C(NCc1ccccc1Cl)Nc1ccccc1[N+](=O)[O-]. The third-order valence-electron chi connectivity index (χ3n) is 2.75. The molecule has 2 N–H and O–H groups in total. The summed E-state index contributed by atoms with van der Waals surface area (Å²) in [6.07, 6.45) is 0. The van der Waals surface area contributed by atoms with Gasteiger partial charge in [-0.2, -0.15) is 0 Å². The van der Waals surface area contributed by atoms with Crippen molar-refractivity contribution >= 4 is 29.0 Å². The molecule has 0 radical (unpaired) electrons. The third-order valence-corrected chi connectivity index (χ3v) is 3.11. The van der Waals surface area contributed by atoms with Gasteiger partial charge < -0.3 is 10.6 Å². The fourth-order valence-electron chi connectivity index (χ4n) is 1.72. The zero-order valence-electron chi connectivity index (χ0n) is 10.9. The largest absolute Gasteiger partial charge is 0.334 e. The second-order valence-electron chi connectivity index (χ2n) is 4.17. The van der Waals surface area contributed by atoms with Crippen LogP contribution in [-0.4, -0.2) is 11.0 Å². The topological polar surface area (TPSA) is 84.3 Å². The molecule has 6 nitrogen and oxygen atoms in total. The van der Waals surface area contributed by atoms with E-state index < -0.39 is 11.0 Å². The number of nitro groups is 1. The van der Waals surface area contributed by atoms with Crippen LogP contribution in [0.15, 0.2) is 48.5 Å². The van der Waals surface area contributed by atoms with Crippen molar-refractivity contribution in [1.29, 1.82) is 0 Å². The van der Waals surface area contributed by atoms with E-state index in [0.717, 1.165) is 5.56 Å². The molecule has 2 amide bonds. The summed E-state index contributed by atoms with van der Waals surface area (Å²) in [6.45, 7) is 0.228. The van der Waals surface area contributed by atoms with Crippen LogP contribution >= 0.6 is 11.6 Å². The van der Waals surface area contributed by atoms with Gasteiger partial charge in [0.05, 0.1) is 4.92 Å². The first kappa shape index (κ1) is 14.8. The average molecular weight is 306 g/mol. The van der Waals surface area contributed by atoms with Crippen molar-refractivity contribution in [2.75, 3.05) is 5.32 Å². The molecule has 0 saturated heterocycles. The summed E-state index contributed by atoms with van der Waals surface area (Å²) in [5.74, 6) is 0. The molecule has 7 heteroatoms. The van der Waals surface area contributed by atoms with Gasteiger partial charge in [0.2, 0.25) is 0 Å². The molecule has 2 aromatic carbocycles. The van der Waals surface area contributed by atoms with E-state index in [9.17, 15) is 14.9 Å². The number of carbonyl (C=O) groups excluding carboxylic acids is 1. The Bertz CT molecular complexity index is 676. The second-order valence-corrected chi connectivity index (χ2v) is 4.58. The average Bonchev–Trinajstić information content (AvgIpc) is 2.47. The Kier molecular flexibility index (Phi) is 4.73. The van der Waals surface area contributed by atoms with Crippen molar-refractivity contribution in [2.24, 2.45) is 0 Å². The Morgan fingerprint density at radius 2 is 1.81 bits per heavy atom. The minimum Gasteiger partial charge on any atom is -0.334 e. The highest BCUT2D eigenvalue weighted by Gasteiger charge is 2.14. The van der Waals surface area contributed by atoms with Gasteiger partial charge in [0, 0.05) is 17.6 Å². The predicted octanol–water partition coefficient (Wildman–Crippen LogP) is 3.57. The Morgan fingerprint density at radius 3 is 2.52 bits per heavy atom. The molecular formula is C14H12ClN3O3. The van der Waals surface area contributed by atoms with E-state index in [1.807, 2.05) is 6.07 Å². The fraction of sp³-hybridized carbons (Fsp3) is 0.0714. The molecule has 0 aliphatic carbocycles. The van der Waals surface area contributed by atoms with Crippen LogP contribution in [0.3, 0.4) is 0 Å². The van der Waals surface area contributed by atoms with Crippen molar-refractivity contribution in [2.45, 2.75) is 6.54 Å². The summed E-state index contributed by atoms with van der Waals surface area (Å²) < 4.78 is 0. The monoisotopic (exact) mass is 305 g/mol. The normalized spacial score (nSPS) is 9.95. The fourth-order valence-corrected chi connectivity index (χ4v) is 1.92. The van der Waals surface area contributed by atoms with Crippen LogP contribution in [0.4, 0.5) is 16.2 Å². The van der Waals surface area contributed by atoms with E-state index in [2.05, 4.69) is 10.6 Å². The lowest BCUT2D eigenvalue weighted by Gasteiger charge is -2.09. The zero-order valence-corrected chi connectivity index (χ0v) is 11.6. The first-order valence-electron chi connectivity index (χ1n) is 6.09. The number of benzene rings is 2. The summed E-state index contributed by atoms with van der Waals surface area (Å²) in [5.41, 5.74) is 0.737. The molecular weight excluding hydrogens is 294 g/mol. The molecule has 0 atom stereocenters. The van der Waals surface area contributed by atoms with Crippen LogP contribution in [0.25, 0.3) is 0 Å². The van der Waals surface area contributed by atoms with E-state index in [1.54, 1.807) is 24.3 Å². The van der Waals surface area contributed by atoms with E-state index in [1.165, 1.54) is 18.2 Å². The maximum Gasteiger partial charge on any atom is 0.319 e. The number of halogens is 1. The van der Waals surface area contributed by atoms with E-state index in [-0.39, 0.29) is 17.9 Å². The lowest BCUT2D eigenvalue weighted by molar-refractivity contribution is -0.383. The van der Waals surface area contributed by atoms with Crippen LogP contribution in [0, 0.1) is 10.1 Å². The number of hydrogen-bond acceptors (Lipinski definition) is 3. The summed E-state index contributed by atoms with van der Waals surface area (Å²) in [5, 5.41) is 16.4. The van der Waals surface area contributed by atoms with Crippen LogP contribution < -0.4 is 10.6 Å². The van der Waals surface area contributed by atoms with Gasteiger partial charge in [0.15, 0.2) is 0 Å². The number of nitrogens with one attached hydrogen (secondary N) is 2. The van der Waals surface area contributed by atoms with Crippen LogP contribution in [0.1, 0.15) is 5.56 Å². The molecule has 0 spiro atoms. The Balaban J connectivity index is 2.00. The number of nitro benzene ring substituents is 1. The highest BCUT2D eigenvalue weighted by atomic mass is 35.5. The first-order valence-corrected chi connectivity index (χ1v) is 6.47. The summed E-state index contributed by atoms with van der Waals surface area (Å²) in [7, 11) is 0. The highest BCUT2D eigenvalue weighted by molar-refractivity contribution is 6.31. The summed E-state index contributed by atoms with van der Waals surface area (Å²) in [4.78, 5) is 22.1. The van der Waals surface area contributed by atoms with Crippen molar-refractivity contribution in [3.8, 4) is 0 Å². The van der Waals surface area contributed by atoms with Gasteiger partial charge in [-0.3, -0.25) is 10.1 Å². The number of nitrogens with zero attached hydrogens (tertiary/aromatic N) is 1. The predicted molar refractivity (Wildman–Crippen MR) is 80.4 cm³/mol. The molecule has 108 valence electrons. The molecule has 0 bridgehead atoms. The number of para-hydroxylation sites is 2. The number of carbonyl (C=O) groups is 1. The Labute approximate surface area is 125 Å². The molecule has 21 heavy (non-hydrogen) atoms. The minimum atomic E-state index is -0.552. The Hall–Kier alpha value is -2.60. The van der Waals surface area contributed by atoms with Gasteiger partial charge in [-0.25, -0.2) is 4.79 Å². The molecule has 0 aromatic heterocycles. The molecule has 0 heterocycles. The lowest BCUT2D eigenvalue weighted by Crippen LogP contribution is -2.28. The highest BCUT2D eigenvalue weighted by Crippen LogP contribution is 2.23. The second kappa shape index (κ2) is 6.71. The van der Waals surface area contributed by atoms with Gasteiger partial charge in [0.25, 0.3) is 5.69 Å². The molecule has 0 aliphatic rings. The van der Waals surface area contributed by atoms with E-state index >= 15 is 0 Å². The van der Waals surface area contributed by atoms with Crippen LogP contribution in [0.2, 0.25) is 5.02 Å². The van der Waals surface area contributed by atoms with Crippen molar-refractivity contribution in [3.63, 3.8) is 0 Å². The zero-order chi connectivity index (χ0) is 15.2. The maximum absolute atomic E-state index is 11.8. The number of anilines is 1. The minimum absolute atomic E-state index is 0.138. The first-order chi connectivity index (χ1) is 10.1. The third kappa shape index (κ3) is 3.93. The van der Waals surface area contributed by atoms with Gasteiger partial charge in [0.1, 0.15) is 5.69 Å². The Morgan fingerprint density at radius 1 is 1.14 bits per heavy atom. The summed E-state index contributed by atoms with van der Waals surface area (Å²) >= 11 is 5.97. The summed E-state index contributed by atoms with van der Waals surface area (Å²) in [6, 6.07) is 12.5. The lowest BCUT2D eigenvalue weighted by atomic mass is 10.2. The van der Waals surface area contributed by atoms with Crippen molar-refractivity contribution in [1.82, 2.24) is 5.32 Å². The van der Waals surface area contributed by atoms with Gasteiger partial charge in [-0.15, -0.1) is 0 Å². The van der Waals surface area contributed by atoms with E-state index in [0.29, 0.717) is 5.02 Å². The molecule has 2 rings (SSSR count). The molecule has 0 aliphatic heterocycles. The molecule has 0 unspecified atom stereocenters. The van der Waals surface area contributed by atoms with Crippen molar-refractivity contribution < 1.29 is 9.72 Å². The molecule has 0 fully saturated rings. The number of rotatable bonds is 4. The van der Waals surface area contributed by atoms with Gasteiger partial charge >= 0.3 is 6.03 Å². The van der Waals surface area contributed by atoms with Gasteiger partial charge in [-0.1, -0.05) is 41.9 Å². The molecule has 2 aromatic rings. The standard InChI is InChI=1S/C14H12ClN3O3/c15-11-6-2-1-5-10(11)9-16-14(19)17-12-7-3-4-8-13(12)18(20)21/h1-8H,9H2,(H2,16,17,19). The molecule has 0 saturated carbocycles. The van der Waals surface area contributed by atoms with Crippen LogP contribution in [-0.2, 0) is 6.54 Å².